The van der Waals surface area contributed by atoms with Crippen LogP contribution in [-0.2, 0) is 0 Å². The monoisotopic (exact) mass is 404 g/mol. The van der Waals surface area contributed by atoms with Gasteiger partial charge in [-0.05, 0) is 64.8 Å². The van der Waals surface area contributed by atoms with Gasteiger partial charge in [0.1, 0.15) is 5.75 Å². The highest BCUT2D eigenvalue weighted by molar-refractivity contribution is 5.26. The summed E-state index contributed by atoms with van der Waals surface area (Å²) < 4.78 is 5.75. The van der Waals surface area contributed by atoms with Gasteiger partial charge in [-0.2, -0.15) is 0 Å². The molecule has 0 amide bonds. The Kier molecular flexibility index (Phi) is 12.1. The Labute approximate surface area is 148 Å². The number of unbranched alkanes of at least 4 members (excludes halogenated alkanes) is 2. The molecule has 21 heavy (non-hydrogen) atoms. The Balaban J connectivity index is 0.00000400. The maximum Gasteiger partial charge on any atom is 0.119 e. The number of rotatable bonds is 10. The third-order valence-corrected chi connectivity index (χ3v) is 4.00. The van der Waals surface area contributed by atoms with Crippen molar-refractivity contribution in [1.82, 2.24) is 4.90 Å². The predicted molar refractivity (Wildman–Crippen MR) is 87.5 cm³/mol. The van der Waals surface area contributed by atoms with Crippen molar-refractivity contribution in [2.24, 2.45) is 0 Å². The van der Waals surface area contributed by atoms with E-state index in [4.69, 9.17) is 4.74 Å². The Morgan fingerprint density at radius 1 is 1.05 bits per heavy atom. The van der Waals surface area contributed by atoms with Crippen LogP contribution in [0, 0.1) is 6.92 Å². The summed E-state index contributed by atoms with van der Waals surface area (Å²) >= 11 is 0. The van der Waals surface area contributed by atoms with E-state index in [0.29, 0.717) is 6.04 Å². The Morgan fingerprint density at radius 3 is 2.29 bits per heavy atom. The molecule has 2 nitrogen and oxygen atoms in total. The molecular formula is C18H31INO-. The van der Waals surface area contributed by atoms with Crippen molar-refractivity contribution in [3.8, 4) is 5.75 Å². The summed E-state index contributed by atoms with van der Waals surface area (Å²) in [5.41, 5.74) is 1.28. The van der Waals surface area contributed by atoms with Crippen LogP contribution < -0.4 is 28.7 Å². The van der Waals surface area contributed by atoms with Crippen molar-refractivity contribution in [2.45, 2.75) is 59.4 Å². The Bertz CT molecular complexity index is 353. The van der Waals surface area contributed by atoms with Crippen molar-refractivity contribution in [2.75, 3.05) is 19.7 Å². The minimum atomic E-state index is 0. The molecule has 1 unspecified atom stereocenters. The van der Waals surface area contributed by atoms with E-state index in [1.807, 2.05) is 0 Å². The molecule has 0 aliphatic carbocycles. The molecule has 0 N–H and O–H groups in total. The van der Waals surface area contributed by atoms with E-state index >= 15 is 0 Å². The smallest absolute Gasteiger partial charge is 0.119 e. The standard InChI is InChI=1S/C18H31NO.HI/c1-5-17(4)19(6-2)14-8-7-9-15-20-18-12-10-16(3)11-13-18;/h10-13,17H,5-9,14-15H2,1-4H3;1H/p-1. The highest BCUT2D eigenvalue weighted by atomic mass is 127. The van der Waals surface area contributed by atoms with E-state index in [2.05, 4.69) is 56.9 Å². The van der Waals surface area contributed by atoms with Crippen molar-refractivity contribution < 1.29 is 28.7 Å². The van der Waals surface area contributed by atoms with E-state index in [0.717, 1.165) is 25.3 Å². The van der Waals surface area contributed by atoms with Gasteiger partial charge in [0.2, 0.25) is 0 Å². The molecule has 0 heterocycles. The van der Waals surface area contributed by atoms with E-state index in [1.165, 1.54) is 31.4 Å². The predicted octanol–water partition coefficient (Wildman–Crippen LogP) is 1.67. The van der Waals surface area contributed by atoms with Gasteiger partial charge in [-0.3, -0.25) is 0 Å². The fourth-order valence-electron chi connectivity index (χ4n) is 2.37. The van der Waals surface area contributed by atoms with Crippen molar-refractivity contribution in [1.29, 1.82) is 0 Å². The van der Waals surface area contributed by atoms with Crippen LogP contribution in [0.5, 0.6) is 5.75 Å². The highest BCUT2D eigenvalue weighted by Crippen LogP contribution is 2.12. The summed E-state index contributed by atoms with van der Waals surface area (Å²) in [7, 11) is 0. The van der Waals surface area contributed by atoms with Crippen LogP contribution in [0.1, 0.15) is 52.0 Å². The first-order valence-electron chi connectivity index (χ1n) is 8.10. The van der Waals surface area contributed by atoms with Crippen LogP contribution in [0.4, 0.5) is 0 Å². The average Bonchev–Trinajstić information content (AvgIpc) is 2.47. The highest BCUT2D eigenvalue weighted by Gasteiger charge is 2.08. The van der Waals surface area contributed by atoms with Crippen molar-refractivity contribution >= 4 is 0 Å². The lowest BCUT2D eigenvalue weighted by Gasteiger charge is -2.26. The lowest BCUT2D eigenvalue weighted by molar-refractivity contribution is -0.00000507. The molecular weight excluding hydrogens is 373 g/mol. The number of hydrogen-bond acceptors (Lipinski definition) is 2. The zero-order chi connectivity index (χ0) is 14.8. The molecule has 1 rings (SSSR count). The third kappa shape index (κ3) is 8.67. The lowest BCUT2D eigenvalue weighted by atomic mass is 10.2. The SMILES string of the molecule is CCC(C)N(CC)CCCCCOc1ccc(C)cc1.[I-]. The molecule has 3 heteroatoms. The van der Waals surface area contributed by atoms with Gasteiger partial charge in [0.25, 0.3) is 0 Å². The van der Waals surface area contributed by atoms with E-state index < -0.39 is 0 Å². The van der Waals surface area contributed by atoms with Gasteiger partial charge in [-0.25, -0.2) is 0 Å². The number of aryl methyl sites for hydroxylation is 1. The van der Waals surface area contributed by atoms with Crippen LogP contribution >= 0.6 is 0 Å². The van der Waals surface area contributed by atoms with Crippen LogP contribution in [0.25, 0.3) is 0 Å². The summed E-state index contributed by atoms with van der Waals surface area (Å²) in [6.07, 6.45) is 4.91. The van der Waals surface area contributed by atoms with Crippen LogP contribution in [-0.4, -0.2) is 30.6 Å². The lowest BCUT2D eigenvalue weighted by Crippen LogP contribution is -3.00. The van der Waals surface area contributed by atoms with Crippen LogP contribution in [0.2, 0.25) is 0 Å². The molecule has 122 valence electrons. The molecule has 0 aliphatic rings. The summed E-state index contributed by atoms with van der Waals surface area (Å²) in [6.45, 7) is 12.2. The van der Waals surface area contributed by atoms with Gasteiger partial charge in [-0.1, -0.05) is 31.5 Å². The van der Waals surface area contributed by atoms with Crippen molar-refractivity contribution in [3.05, 3.63) is 29.8 Å². The van der Waals surface area contributed by atoms with Gasteiger partial charge in [0.15, 0.2) is 0 Å². The molecule has 1 aromatic carbocycles. The fraction of sp³-hybridized carbons (Fsp3) is 0.667. The van der Waals surface area contributed by atoms with E-state index in [1.54, 1.807) is 0 Å². The quantitative estimate of drug-likeness (QED) is 0.435. The van der Waals surface area contributed by atoms with Crippen molar-refractivity contribution in [3.63, 3.8) is 0 Å². The minimum Gasteiger partial charge on any atom is -1.00 e. The average molecular weight is 404 g/mol. The van der Waals surface area contributed by atoms with E-state index in [-0.39, 0.29) is 24.0 Å². The first kappa shape index (κ1) is 20.7. The maximum atomic E-state index is 5.75. The molecule has 1 atom stereocenters. The Morgan fingerprint density at radius 2 is 1.71 bits per heavy atom. The normalized spacial score (nSPS) is 12.0. The fourth-order valence-corrected chi connectivity index (χ4v) is 2.37. The summed E-state index contributed by atoms with van der Waals surface area (Å²) in [4.78, 5) is 2.57. The topological polar surface area (TPSA) is 12.5 Å². The number of nitrogens with zero attached hydrogens (tertiary/aromatic N) is 1. The van der Waals surface area contributed by atoms with E-state index in [9.17, 15) is 0 Å². The number of ether oxygens (including phenoxy) is 1. The second-order valence-corrected chi connectivity index (χ2v) is 5.61. The van der Waals surface area contributed by atoms with Gasteiger partial charge in [0.05, 0.1) is 6.61 Å². The molecule has 0 radical (unpaired) electrons. The minimum absolute atomic E-state index is 0. The number of benzene rings is 1. The molecule has 0 aliphatic heterocycles. The first-order valence-corrected chi connectivity index (χ1v) is 8.10. The molecule has 1 aromatic rings. The zero-order valence-corrected chi connectivity index (χ0v) is 16.2. The second-order valence-electron chi connectivity index (χ2n) is 5.61. The summed E-state index contributed by atoms with van der Waals surface area (Å²) in [5.74, 6) is 0.991. The van der Waals surface area contributed by atoms with Crippen LogP contribution in [0.3, 0.4) is 0 Å². The summed E-state index contributed by atoms with van der Waals surface area (Å²) in [5, 5.41) is 0. The Hall–Kier alpha value is -0.290. The van der Waals surface area contributed by atoms with Gasteiger partial charge >= 0.3 is 0 Å². The molecule has 0 saturated heterocycles. The largest absolute Gasteiger partial charge is 1.00 e. The second kappa shape index (κ2) is 12.3. The molecule has 0 saturated carbocycles. The first-order chi connectivity index (χ1) is 9.67. The molecule has 0 spiro atoms. The zero-order valence-electron chi connectivity index (χ0n) is 14.1. The maximum absolute atomic E-state index is 5.75. The molecule has 0 fully saturated rings. The number of halogens is 1. The summed E-state index contributed by atoms with van der Waals surface area (Å²) in [6, 6.07) is 9.01. The van der Waals surface area contributed by atoms with Crippen LogP contribution in [0.15, 0.2) is 24.3 Å². The number of hydrogen-bond donors (Lipinski definition) is 0. The third-order valence-electron chi connectivity index (χ3n) is 4.00. The van der Waals surface area contributed by atoms with Gasteiger partial charge in [-0.15, -0.1) is 0 Å². The molecule has 0 bridgehead atoms. The molecule has 0 aromatic heterocycles. The van der Waals surface area contributed by atoms with Gasteiger partial charge in [0, 0.05) is 6.04 Å². The van der Waals surface area contributed by atoms with Gasteiger partial charge < -0.3 is 33.6 Å².